The Bertz CT molecular complexity index is 174. The number of nitrogens with zero attached hydrogens (tertiary/aromatic N) is 3. The lowest BCUT2D eigenvalue weighted by molar-refractivity contribution is 0.572. The molecule has 0 aliphatic rings. The van der Waals surface area contributed by atoms with Gasteiger partial charge < -0.3 is 0 Å². The van der Waals surface area contributed by atoms with Crippen LogP contribution in [0, 0.1) is 0 Å². The highest BCUT2D eigenvalue weighted by atomic mass is 32.2. The number of aryl methyl sites for hydroxylation is 1. The van der Waals surface area contributed by atoms with Crippen LogP contribution in [0.3, 0.4) is 0 Å². The highest BCUT2D eigenvalue weighted by molar-refractivity contribution is 7.98. The normalized spacial score (nSPS) is 10.3. The molecule has 0 atom stereocenters. The van der Waals surface area contributed by atoms with Crippen LogP contribution < -0.4 is 0 Å². The zero-order valence-electron chi connectivity index (χ0n) is 6.73. The molecule has 0 amide bonds. The Morgan fingerprint density at radius 3 is 3.00 bits per heavy atom. The van der Waals surface area contributed by atoms with Gasteiger partial charge in [-0.25, -0.2) is 4.98 Å². The zero-order chi connectivity index (χ0) is 7.94. The third-order valence-corrected chi connectivity index (χ3v) is 2.15. The minimum Gasteiger partial charge on any atom is -0.253 e. The molecule has 4 heteroatoms. The maximum absolute atomic E-state index is 4.01. The average Bonchev–Trinajstić information content (AvgIpc) is 2.50. The van der Waals surface area contributed by atoms with Crippen LogP contribution in [0.1, 0.15) is 12.8 Å². The summed E-state index contributed by atoms with van der Waals surface area (Å²) in [6.07, 6.45) is 7.94. The molecule has 0 N–H and O–H groups in total. The van der Waals surface area contributed by atoms with Gasteiger partial charge in [0.1, 0.15) is 12.7 Å². The highest BCUT2D eigenvalue weighted by Gasteiger charge is 1.90. The van der Waals surface area contributed by atoms with Gasteiger partial charge in [0.25, 0.3) is 0 Å². The number of unbranched alkanes of at least 4 members (excludes halogenated alkanes) is 1. The van der Waals surface area contributed by atoms with E-state index in [4.69, 9.17) is 0 Å². The van der Waals surface area contributed by atoms with E-state index < -0.39 is 0 Å². The molecule has 1 rings (SSSR count). The summed E-state index contributed by atoms with van der Waals surface area (Å²) < 4.78 is 1.88. The van der Waals surface area contributed by atoms with Crippen LogP contribution >= 0.6 is 11.8 Å². The van der Waals surface area contributed by atoms with Crippen LogP contribution in [0.15, 0.2) is 12.7 Å². The Morgan fingerprint density at radius 2 is 2.36 bits per heavy atom. The summed E-state index contributed by atoms with van der Waals surface area (Å²) in [6, 6.07) is 0. The fourth-order valence-corrected chi connectivity index (χ4v) is 1.36. The zero-order valence-corrected chi connectivity index (χ0v) is 7.55. The Hall–Kier alpha value is -0.510. The minimum atomic E-state index is 1.00. The van der Waals surface area contributed by atoms with E-state index in [0.717, 1.165) is 6.54 Å². The maximum atomic E-state index is 4.01. The lowest BCUT2D eigenvalue weighted by Gasteiger charge is -1.98. The minimum absolute atomic E-state index is 1.00. The lowest BCUT2D eigenvalue weighted by Crippen LogP contribution is -1.98. The Labute approximate surface area is 71.2 Å². The summed E-state index contributed by atoms with van der Waals surface area (Å²) in [4.78, 5) is 3.87. The number of aromatic nitrogens is 3. The van der Waals surface area contributed by atoms with Gasteiger partial charge >= 0.3 is 0 Å². The van der Waals surface area contributed by atoms with Crippen LogP contribution in [0.4, 0.5) is 0 Å². The maximum Gasteiger partial charge on any atom is 0.137 e. The van der Waals surface area contributed by atoms with Crippen LogP contribution in [-0.4, -0.2) is 26.8 Å². The van der Waals surface area contributed by atoms with Gasteiger partial charge in [-0.05, 0) is 24.9 Å². The molecule has 0 fully saturated rings. The van der Waals surface area contributed by atoms with E-state index in [1.165, 1.54) is 18.6 Å². The quantitative estimate of drug-likeness (QED) is 0.628. The molecule has 1 aromatic heterocycles. The largest absolute Gasteiger partial charge is 0.253 e. The standard InChI is InChI=1S/C7H13N3S/c1-11-5-3-2-4-10-7-8-6-9-10/h6-7H,2-5H2,1H3. The smallest absolute Gasteiger partial charge is 0.137 e. The molecule has 0 aromatic carbocycles. The van der Waals surface area contributed by atoms with E-state index >= 15 is 0 Å². The monoisotopic (exact) mass is 171 g/mol. The van der Waals surface area contributed by atoms with Crippen LogP contribution in [-0.2, 0) is 6.54 Å². The van der Waals surface area contributed by atoms with E-state index in [2.05, 4.69) is 16.3 Å². The molecule has 0 unspecified atom stereocenters. The summed E-state index contributed by atoms with van der Waals surface area (Å²) in [5.41, 5.74) is 0. The Kier molecular flexibility index (Phi) is 4.04. The number of thioether (sulfide) groups is 1. The molecule has 0 radical (unpaired) electrons. The van der Waals surface area contributed by atoms with Gasteiger partial charge in [0.2, 0.25) is 0 Å². The SMILES string of the molecule is CSCCCCn1cncn1. The van der Waals surface area contributed by atoms with Crippen molar-refractivity contribution in [2.24, 2.45) is 0 Å². The molecule has 0 saturated carbocycles. The molecule has 1 heterocycles. The van der Waals surface area contributed by atoms with E-state index in [1.54, 1.807) is 12.7 Å². The molecule has 62 valence electrons. The molecule has 0 bridgehead atoms. The lowest BCUT2D eigenvalue weighted by atomic mass is 10.3. The van der Waals surface area contributed by atoms with Gasteiger partial charge in [0, 0.05) is 6.54 Å². The topological polar surface area (TPSA) is 30.7 Å². The summed E-state index contributed by atoms with van der Waals surface area (Å²) in [5, 5.41) is 4.01. The first-order valence-electron chi connectivity index (χ1n) is 3.75. The predicted molar refractivity (Wildman–Crippen MR) is 47.6 cm³/mol. The van der Waals surface area contributed by atoms with Crippen molar-refractivity contribution in [1.82, 2.24) is 14.8 Å². The number of rotatable bonds is 5. The molecule has 11 heavy (non-hydrogen) atoms. The van der Waals surface area contributed by atoms with Gasteiger partial charge in [-0.15, -0.1) is 0 Å². The van der Waals surface area contributed by atoms with E-state index in [0.29, 0.717) is 0 Å². The fraction of sp³-hybridized carbons (Fsp3) is 0.714. The van der Waals surface area contributed by atoms with E-state index in [9.17, 15) is 0 Å². The third kappa shape index (κ3) is 3.41. The summed E-state index contributed by atoms with van der Waals surface area (Å²) in [6.45, 7) is 1.00. The first kappa shape index (κ1) is 8.59. The highest BCUT2D eigenvalue weighted by Crippen LogP contribution is 2.00. The van der Waals surface area contributed by atoms with Gasteiger partial charge in [0.05, 0.1) is 0 Å². The molecule has 0 spiro atoms. The second-order valence-corrected chi connectivity index (χ2v) is 3.34. The number of hydrogen-bond donors (Lipinski definition) is 0. The first-order chi connectivity index (χ1) is 5.43. The van der Waals surface area contributed by atoms with Crippen LogP contribution in [0.5, 0.6) is 0 Å². The van der Waals surface area contributed by atoms with Gasteiger partial charge in [-0.2, -0.15) is 16.9 Å². The van der Waals surface area contributed by atoms with Crippen molar-refractivity contribution in [3.05, 3.63) is 12.7 Å². The van der Waals surface area contributed by atoms with Crippen LogP contribution in [0.25, 0.3) is 0 Å². The first-order valence-corrected chi connectivity index (χ1v) is 5.14. The molecule has 0 aliphatic carbocycles. The molecule has 3 nitrogen and oxygen atoms in total. The molecule has 0 aliphatic heterocycles. The summed E-state index contributed by atoms with van der Waals surface area (Å²) in [7, 11) is 0. The fourth-order valence-electron chi connectivity index (χ4n) is 0.868. The predicted octanol–water partition coefficient (Wildman–Crippen LogP) is 1.42. The van der Waals surface area contributed by atoms with E-state index in [1.807, 2.05) is 16.4 Å². The van der Waals surface area contributed by atoms with Crippen molar-refractivity contribution in [1.29, 1.82) is 0 Å². The van der Waals surface area contributed by atoms with Crippen molar-refractivity contribution in [2.75, 3.05) is 12.0 Å². The van der Waals surface area contributed by atoms with Crippen LogP contribution in [0.2, 0.25) is 0 Å². The van der Waals surface area contributed by atoms with Crippen molar-refractivity contribution in [3.8, 4) is 0 Å². The second-order valence-electron chi connectivity index (χ2n) is 2.36. The van der Waals surface area contributed by atoms with Gasteiger partial charge in [-0.1, -0.05) is 0 Å². The van der Waals surface area contributed by atoms with Gasteiger partial charge in [-0.3, -0.25) is 4.68 Å². The third-order valence-electron chi connectivity index (χ3n) is 1.45. The molecular formula is C7H13N3S. The number of hydrogen-bond acceptors (Lipinski definition) is 3. The van der Waals surface area contributed by atoms with E-state index in [-0.39, 0.29) is 0 Å². The van der Waals surface area contributed by atoms with Gasteiger partial charge in [0.15, 0.2) is 0 Å². The van der Waals surface area contributed by atoms with Crippen molar-refractivity contribution < 1.29 is 0 Å². The van der Waals surface area contributed by atoms with Crippen molar-refractivity contribution in [3.63, 3.8) is 0 Å². The summed E-state index contributed by atoms with van der Waals surface area (Å²) >= 11 is 1.89. The molecule has 1 aromatic rings. The van der Waals surface area contributed by atoms with Crippen molar-refractivity contribution in [2.45, 2.75) is 19.4 Å². The summed E-state index contributed by atoms with van der Waals surface area (Å²) in [5.74, 6) is 1.24. The average molecular weight is 171 g/mol. The Balaban J connectivity index is 2.04. The molecular weight excluding hydrogens is 158 g/mol. The molecule has 0 saturated heterocycles. The van der Waals surface area contributed by atoms with Crippen molar-refractivity contribution >= 4 is 11.8 Å². The Morgan fingerprint density at radius 1 is 1.45 bits per heavy atom. The second kappa shape index (κ2) is 5.18.